The van der Waals surface area contributed by atoms with Crippen LogP contribution in [0.4, 0.5) is 0 Å². The molecule has 0 saturated carbocycles. The van der Waals surface area contributed by atoms with Crippen LogP contribution < -0.4 is 0 Å². The summed E-state index contributed by atoms with van der Waals surface area (Å²) in [5.41, 5.74) is 9.08. The normalized spacial score (nSPS) is 12.7. The average molecular weight is 439 g/mol. The first-order chi connectivity index (χ1) is 16.4. The molecule has 154 valence electrons. The van der Waals surface area contributed by atoms with Crippen LogP contribution in [0, 0.1) is 0 Å². The van der Waals surface area contributed by atoms with Gasteiger partial charge in [0.25, 0.3) is 0 Å². The summed E-state index contributed by atoms with van der Waals surface area (Å²) < 4.78 is 5.06. The standard InChI is InChI=1S/C30H18N2S/c1-2-8-20(9-3-1)32-25-15-14-23-22-13-12-19-17-18-7-4-5-10-21(18)26(19)28(22)33-29(23)27(25)24-11-6-16-31-30(24)32/h1-16H,17H2. The van der Waals surface area contributed by atoms with Gasteiger partial charge >= 0.3 is 0 Å². The molecular weight excluding hydrogens is 420 g/mol. The number of benzene rings is 4. The first kappa shape index (κ1) is 17.6. The number of thiophene rings is 1. The number of hydrogen-bond donors (Lipinski definition) is 0. The molecule has 0 amide bonds. The molecule has 0 fully saturated rings. The molecule has 8 rings (SSSR count). The first-order valence-corrected chi connectivity index (χ1v) is 12.1. The summed E-state index contributed by atoms with van der Waals surface area (Å²) in [6.45, 7) is 0. The Morgan fingerprint density at radius 2 is 1.48 bits per heavy atom. The van der Waals surface area contributed by atoms with E-state index in [4.69, 9.17) is 4.98 Å². The van der Waals surface area contributed by atoms with Crippen LogP contribution in [0.1, 0.15) is 11.1 Å². The van der Waals surface area contributed by atoms with Crippen molar-refractivity contribution >= 4 is 53.4 Å². The molecule has 7 aromatic rings. The van der Waals surface area contributed by atoms with E-state index in [2.05, 4.69) is 95.6 Å². The van der Waals surface area contributed by atoms with Gasteiger partial charge < -0.3 is 0 Å². The fraction of sp³-hybridized carbons (Fsp3) is 0.0333. The molecule has 0 bridgehead atoms. The van der Waals surface area contributed by atoms with E-state index in [1.165, 1.54) is 58.7 Å². The van der Waals surface area contributed by atoms with E-state index in [-0.39, 0.29) is 0 Å². The van der Waals surface area contributed by atoms with Crippen molar-refractivity contribution in [1.29, 1.82) is 0 Å². The predicted molar refractivity (Wildman–Crippen MR) is 140 cm³/mol. The Morgan fingerprint density at radius 1 is 0.667 bits per heavy atom. The molecule has 0 atom stereocenters. The number of pyridine rings is 1. The summed E-state index contributed by atoms with van der Waals surface area (Å²) >= 11 is 1.94. The number of rotatable bonds is 1. The van der Waals surface area contributed by atoms with Gasteiger partial charge in [0.05, 0.1) is 5.52 Å². The quantitative estimate of drug-likeness (QED) is 0.253. The van der Waals surface area contributed by atoms with Crippen LogP contribution >= 0.6 is 11.3 Å². The van der Waals surface area contributed by atoms with Crippen LogP contribution in [-0.4, -0.2) is 9.55 Å². The van der Waals surface area contributed by atoms with Crippen LogP contribution in [0.5, 0.6) is 0 Å². The summed E-state index contributed by atoms with van der Waals surface area (Å²) in [5, 5.41) is 5.22. The van der Waals surface area contributed by atoms with E-state index in [1.807, 2.05) is 17.5 Å². The van der Waals surface area contributed by atoms with Crippen LogP contribution in [-0.2, 0) is 6.42 Å². The van der Waals surface area contributed by atoms with E-state index < -0.39 is 0 Å². The molecule has 2 nitrogen and oxygen atoms in total. The number of hydrogen-bond acceptors (Lipinski definition) is 2. The van der Waals surface area contributed by atoms with E-state index in [0.29, 0.717) is 0 Å². The van der Waals surface area contributed by atoms with E-state index in [0.717, 1.165) is 17.8 Å². The van der Waals surface area contributed by atoms with Gasteiger partial charge in [0.1, 0.15) is 5.65 Å². The zero-order valence-electron chi connectivity index (χ0n) is 17.7. The first-order valence-electron chi connectivity index (χ1n) is 11.3. The Bertz CT molecular complexity index is 1890. The van der Waals surface area contributed by atoms with Crippen molar-refractivity contribution in [3.05, 3.63) is 108 Å². The number of nitrogens with zero attached hydrogens (tertiary/aromatic N) is 2. The van der Waals surface area contributed by atoms with Gasteiger partial charge in [0.2, 0.25) is 0 Å². The third-order valence-corrected chi connectivity index (χ3v) is 8.32. The second-order valence-electron chi connectivity index (χ2n) is 8.79. The third-order valence-electron chi connectivity index (χ3n) is 7.06. The second kappa shape index (κ2) is 6.31. The third kappa shape index (κ3) is 2.25. The molecule has 0 N–H and O–H groups in total. The SMILES string of the molecule is c1ccc(-n2c3ccc4c5ccc6c(c5sc4c3c3cccnc32)-c2ccccc2C6)cc1. The van der Waals surface area contributed by atoms with Crippen molar-refractivity contribution in [2.75, 3.05) is 0 Å². The Kier molecular flexibility index (Phi) is 3.36. The topological polar surface area (TPSA) is 17.8 Å². The highest BCUT2D eigenvalue weighted by atomic mass is 32.1. The lowest BCUT2D eigenvalue weighted by atomic mass is 10.0. The summed E-state index contributed by atoms with van der Waals surface area (Å²) in [4.78, 5) is 4.81. The van der Waals surface area contributed by atoms with Crippen LogP contribution in [0.3, 0.4) is 0 Å². The van der Waals surface area contributed by atoms with Crippen molar-refractivity contribution in [3.8, 4) is 16.8 Å². The van der Waals surface area contributed by atoms with Crippen LogP contribution in [0.2, 0.25) is 0 Å². The fourth-order valence-electron chi connectivity index (χ4n) is 5.67. The van der Waals surface area contributed by atoms with Crippen molar-refractivity contribution in [1.82, 2.24) is 9.55 Å². The summed E-state index contributed by atoms with van der Waals surface area (Å²) in [5.74, 6) is 0. The van der Waals surface area contributed by atoms with Crippen molar-refractivity contribution < 1.29 is 0 Å². The highest BCUT2D eigenvalue weighted by Gasteiger charge is 2.24. The molecule has 1 aliphatic rings. The maximum atomic E-state index is 4.81. The van der Waals surface area contributed by atoms with Gasteiger partial charge in [0, 0.05) is 48.4 Å². The molecule has 0 aliphatic heterocycles. The smallest absolute Gasteiger partial charge is 0.145 e. The lowest BCUT2D eigenvalue weighted by molar-refractivity contribution is 1.14. The van der Waals surface area contributed by atoms with Gasteiger partial charge in [-0.2, -0.15) is 0 Å². The minimum absolute atomic E-state index is 1.01. The molecule has 0 unspecified atom stereocenters. The molecule has 0 saturated heterocycles. The minimum atomic E-state index is 1.01. The molecular formula is C30H18N2S. The predicted octanol–water partition coefficient (Wildman–Crippen LogP) is 8.12. The zero-order chi connectivity index (χ0) is 21.5. The maximum Gasteiger partial charge on any atom is 0.145 e. The summed E-state index contributed by atoms with van der Waals surface area (Å²) in [6.07, 6.45) is 2.93. The Labute approximate surface area is 194 Å². The molecule has 33 heavy (non-hydrogen) atoms. The van der Waals surface area contributed by atoms with E-state index in [9.17, 15) is 0 Å². The molecule has 1 aliphatic carbocycles. The van der Waals surface area contributed by atoms with Gasteiger partial charge in [-0.15, -0.1) is 11.3 Å². The molecule has 3 heteroatoms. The van der Waals surface area contributed by atoms with Gasteiger partial charge in [-0.3, -0.25) is 4.57 Å². The second-order valence-corrected chi connectivity index (χ2v) is 9.81. The molecule has 0 spiro atoms. The maximum absolute atomic E-state index is 4.81. The largest absolute Gasteiger partial charge is 0.294 e. The van der Waals surface area contributed by atoms with Crippen LogP contribution in [0.25, 0.3) is 58.9 Å². The number of fused-ring (bicyclic) bond motifs is 11. The molecule has 3 aromatic heterocycles. The highest BCUT2D eigenvalue weighted by molar-refractivity contribution is 7.27. The minimum Gasteiger partial charge on any atom is -0.294 e. The van der Waals surface area contributed by atoms with Gasteiger partial charge in [0.15, 0.2) is 0 Å². The summed E-state index contributed by atoms with van der Waals surface area (Å²) in [6, 6.07) is 33.0. The Morgan fingerprint density at radius 3 is 2.42 bits per heavy atom. The average Bonchev–Trinajstić information content (AvgIpc) is 3.53. The Balaban J connectivity index is 1.56. The van der Waals surface area contributed by atoms with Gasteiger partial charge in [-0.25, -0.2) is 4.98 Å². The molecule has 3 heterocycles. The summed E-state index contributed by atoms with van der Waals surface area (Å²) in [7, 11) is 0. The monoisotopic (exact) mass is 438 g/mol. The van der Waals surface area contributed by atoms with Crippen molar-refractivity contribution in [3.63, 3.8) is 0 Å². The van der Waals surface area contributed by atoms with Gasteiger partial charge in [-0.05, 0) is 53.4 Å². The molecule has 0 radical (unpaired) electrons. The van der Waals surface area contributed by atoms with E-state index >= 15 is 0 Å². The zero-order valence-corrected chi connectivity index (χ0v) is 18.6. The van der Waals surface area contributed by atoms with E-state index in [1.54, 1.807) is 0 Å². The van der Waals surface area contributed by atoms with Gasteiger partial charge in [-0.1, -0.05) is 60.7 Å². The Hall–Kier alpha value is -3.95. The number of para-hydroxylation sites is 1. The lowest BCUT2D eigenvalue weighted by Crippen LogP contribution is -1.94. The van der Waals surface area contributed by atoms with Crippen molar-refractivity contribution in [2.24, 2.45) is 0 Å². The number of aromatic nitrogens is 2. The highest BCUT2D eigenvalue weighted by Crippen LogP contribution is 2.49. The van der Waals surface area contributed by atoms with Crippen molar-refractivity contribution in [2.45, 2.75) is 6.42 Å². The fourth-order valence-corrected chi connectivity index (χ4v) is 7.11. The molecule has 4 aromatic carbocycles. The van der Waals surface area contributed by atoms with Crippen LogP contribution in [0.15, 0.2) is 97.2 Å². The lowest BCUT2D eigenvalue weighted by Gasteiger charge is -2.06.